The number of carbonyl (C=O) groups excluding carboxylic acids is 1. The van der Waals surface area contributed by atoms with E-state index in [0.717, 1.165) is 0 Å². The number of aliphatic hydroxyl groups is 5. The van der Waals surface area contributed by atoms with Gasteiger partial charge in [-0.2, -0.15) is 0 Å². The highest BCUT2D eigenvalue weighted by molar-refractivity contribution is 5.95. The van der Waals surface area contributed by atoms with Crippen LogP contribution in [0.3, 0.4) is 0 Å². The minimum atomic E-state index is -1.43. The van der Waals surface area contributed by atoms with Crippen molar-refractivity contribution in [3.8, 4) is 0 Å². The Bertz CT molecular complexity index is 850. The molecule has 6 nitrogen and oxygen atoms in total. The summed E-state index contributed by atoms with van der Waals surface area (Å²) in [6.45, 7) is 11.9. The van der Waals surface area contributed by atoms with Gasteiger partial charge in [0, 0.05) is 17.3 Å². The molecule has 0 saturated heterocycles. The van der Waals surface area contributed by atoms with E-state index < -0.39 is 46.3 Å². The van der Waals surface area contributed by atoms with E-state index in [-0.39, 0.29) is 23.5 Å². The molecule has 34 heavy (non-hydrogen) atoms. The number of ketones is 1. The summed E-state index contributed by atoms with van der Waals surface area (Å²) in [5.41, 5.74) is -3.54. The van der Waals surface area contributed by atoms with Crippen LogP contribution < -0.4 is 0 Å². The van der Waals surface area contributed by atoms with Crippen LogP contribution in [0, 0.1) is 40.4 Å². The van der Waals surface area contributed by atoms with Gasteiger partial charge in [-0.1, -0.05) is 34.6 Å². The summed E-state index contributed by atoms with van der Waals surface area (Å²) in [5.74, 6) is -0.598. The predicted octanol–water partition coefficient (Wildman–Crippen LogP) is 2.99. The lowest BCUT2D eigenvalue weighted by Crippen LogP contribution is -2.65. The van der Waals surface area contributed by atoms with Gasteiger partial charge in [-0.3, -0.25) is 4.79 Å². The van der Waals surface area contributed by atoms with Gasteiger partial charge in [0.2, 0.25) is 0 Å². The summed E-state index contributed by atoms with van der Waals surface area (Å²) >= 11 is 0. The molecule has 0 radical (unpaired) electrons. The Morgan fingerprint density at radius 1 is 1.15 bits per heavy atom. The quantitative estimate of drug-likeness (QED) is 0.415. The number of allylic oxidation sites excluding steroid dienone is 1. The topological polar surface area (TPSA) is 118 Å². The third kappa shape index (κ3) is 3.58. The number of rotatable bonds is 5. The van der Waals surface area contributed by atoms with Crippen molar-refractivity contribution in [2.75, 3.05) is 0 Å². The largest absolute Gasteiger partial charge is 0.393 e. The monoisotopic (exact) mass is 478 g/mol. The molecule has 0 unspecified atom stereocenters. The Balaban J connectivity index is 1.71. The first-order chi connectivity index (χ1) is 15.6. The second kappa shape index (κ2) is 8.37. The summed E-state index contributed by atoms with van der Waals surface area (Å²) in [4.78, 5) is 13.3. The molecule has 0 amide bonds. The van der Waals surface area contributed by atoms with Crippen molar-refractivity contribution in [1.82, 2.24) is 0 Å². The molecule has 6 heteroatoms. The molecule has 4 aliphatic rings. The fourth-order valence-corrected chi connectivity index (χ4v) is 8.46. The van der Waals surface area contributed by atoms with E-state index >= 15 is 0 Å². The van der Waals surface area contributed by atoms with Crippen LogP contribution in [0.5, 0.6) is 0 Å². The van der Waals surface area contributed by atoms with Gasteiger partial charge >= 0.3 is 0 Å². The van der Waals surface area contributed by atoms with Crippen molar-refractivity contribution in [1.29, 1.82) is 0 Å². The molecular formula is C28H46O6. The fraction of sp³-hybridized carbons (Fsp3) is 0.893. The lowest BCUT2D eigenvalue weighted by atomic mass is 9.45. The van der Waals surface area contributed by atoms with Gasteiger partial charge in [0.15, 0.2) is 5.78 Å². The Labute approximate surface area is 204 Å². The normalized spacial score (nSPS) is 47.8. The minimum Gasteiger partial charge on any atom is -0.393 e. The van der Waals surface area contributed by atoms with Crippen molar-refractivity contribution in [3.63, 3.8) is 0 Å². The molecule has 0 aromatic carbocycles. The van der Waals surface area contributed by atoms with Crippen LogP contribution >= 0.6 is 0 Å². The average molecular weight is 479 g/mol. The van der Waals surface area contributed by atoms with E-state index in [9.17, 15) is 30.3 Å². The first kappa shape index (κ1) is 26.3. The van der Waals surface area contributed by atoms with Gasteiger partial charge in [0.05, 0.1) is 29.5 Å². The Kier molecular flexibility index (Phi) is 6.47. The zero-order valence-electron chi connectivity index (χ0n) is 21.8. The Morgan fingerprint density at radius 3 is 2.41 bits per heavy atom. The summed E-state index contributed by atoms with van der Waals surface area (Å²) in [6, 6.07) is 0. The maximum atomic E-state index is 13.3. The number of aliphatic hydroxyl groups excluding tert-OH is 3. The molecule has 0 aliphatic heterocycles. The fourth-order valence-electron chi connectivity index (χ4n) is 8.46. The van der Waals surface area contributed by atoms with Crippen LogP contribution in [0.1, 0.15) is 86.5 Å². The maximum Gasteiger partial charge on any atom is 0.159 e. The molecule has 5 N–H and O–H groups in total. The van der Waals surface area contributed by atoms with E-state index in [1.807, 2.05) is 13.8 Å². The Morgan fingerprint density at radius 2 is 1.79 bits per heavy atom. The van der Waals surface area contributed by atoms with Crippen LogP contribution in [0.2, 0.25) is 0 Å². The first-order valence-corrected chi connectivity index (χ1v) is 13.3. The van der Waals surface area contributed by atoms with Gasteiger partial charge in [-0.25, -0.2) is 0 Å². The van der Waals surface area contributed by atoms with Crippen molar-refractivity contribution in [2.24, 2.45) is 40.4 Å². The number of hydrogen-bond acceptors (Lipinski definition) is 6. The van der Waals surface area contributed by atoms with Gasteiger partial charge in [0.1, 0.15) is 0 Å². The summed E-state index contributed by atoms with van der Waals surface area (Å²) < 4.78 is 0. The third-order valence-electron chi connectivity index (χ3n) is 11.1. The van der Waals surface area contributed by atoms with Crippen LogP contribution in [0.15, 0.2) is 11.6 Å². The van der Waals surface area contributed by atoms with Crippen molar-refractivity contribution < 1.29 is 30.3 Å². The lowest BCUT2D eigenvalue weighted by molar-refractivity contribution is -0.192. The maximum absolute atomic E-state index is 13.3. The van der Waals surface area contributed by atoms with E-state index in [1.165, 1.54) is 0 Å². The van der Waals surface area contributed by atoms with Gasteiger partial charge < -0.3 is 25.5 Å². The summed E-state index contributed by atoms with van der Waals surface area (Å²) in [6.07, 6.45) is 2.61. The smallest absolute Gasteiger partial charge is 0.159 e. The van der Waals surface area contributed by atoms with Crippen LogP contribution in [-0.2, 0) is 4.79 Å². The molecule has 194 valence electrons. The lowest BCUT2D eigenvalue weighted by Gasteiger charge is -2.61. The molecule has 3 fully saturated rings. The average Bonchev–Trinajstić information content (AvgIpc) is 3.00. The summed E-state index contributed by atoms with van der Waals surface area (Å²) in [7, 11) is 0. The molecule has 3 saturated carbocycles. The van der Waals surface area contributed by atoms with E-state index in [2.05, 4.69) is 20.8 Å². The van der Waals surface area contributed by atoms with Gasteiger partial charge in [-0.15, -0.1) is 0 Å². The number of hydrogen-bond donors (Lipinski definition) is 5. The second-order valence-corrected chi connectivity index (χ2v) is 13.3. The van der Waals surface area contributed by atoms with Crippen molar-refractivity contribution in [2.45, 2.75) is 116 Å². The van der Waals surface area contributed by atoms with Crippen molar-refractivity contribution in [3.05, 3.63) is 11.6 Å². The molecule has 4 rings (SSSR count). The van der Waals surface area contributed by atoms with Gasteiger partial charge in [-0.05, 0) is 86.7 Å². The molecule has 11 atom stereocenters. The predicted molar refractivity (Wildman–Crippen MR) is 130 cm³/mol. The highest BCUT2D eigenvalue weighted by atomic mass is 16.3. The van der Waals surface area contributed by atoms with Crippen LogP contribution in [-0.4, -0.2) is 60.8 Å². The SMILES string of the molecule is CC(C)[C@H](C)C[C@@H](O)[C@](C)(O)[C@H]1CC[C@@]2(O)C3=CC(=O)[C@@H]4C[C@@H](O)CC[C@]4(C)[C@H]3[C@H](O)C[C@]12C. The molecular weight excluding hydrogens is 432 g/mol. The van der Waals surface area contributed by atoms with E-state index in [4.69, 9.17) is 0 Å². The standard InChI is InChI=1S/C28H46O6/c1-15(2)16(3)11-23(32)27(6,33)22-8-10-28(34)19-13-20(30)18-12-17(29)7-9-25(18,4)24(19)21(31)14-26(22,28)5/h13,15-18,21-24,29,31-34H,7-12,14H2,1-6H3/t16-,17+,18+,21-,22+,23-,24-,25+,26-,27-,28-/m1/s1. The minimum absolute atomic E-state index is 0.0709. The van der Waals surface area contributed by atoms with Crippen LogP contribution in [0.25, 0.3) is 0 Å². The third-order valence-corrected chi connectivity index (χ3v) is 11.1. The van der Waals surface area contributed by atoms with E-state index in [1.54, 1.807) is 13.0 Å². The molecule has 0 spiro atoms. The molecule has 0 aromatic heterocycles. The Hall–Kier alpha value is -0.790. The van der Waals surface area contributed by atoms with Crippen LogP contribution in [0.4, 0.5) is 0 Å². The second-order valence-electron chi connectivity index (χ2n) is 13.3. The highest BCUT2D eigenvalue weighted by Crippen LogP contribution is 2.68. The van der Waals surface area contributed by atoms with Gasteiger partial charge in [0.25, 0.3) is 0 Å². The zero-order valence-corrected chi connectivity index (χ0v) is 21.8. The molecule has 0 aromatic rings. The highest BCUT2D eigenvalue weighted by Gasteiger charge is 2.70. The zero-order chi connectivity index (χ0) is 25.4. The van der Waals surface area contributed by atoms with Crippen molar-refractivity contribution >= 4 is 5.78 Å². The molecule has 0 bridgehead atoms. The molecule has 0 heterocycles. The number of carbonyl (C=O) groups is 1. The first-order valence-electron chi connectivity index (χ1n) is 13.3. The van der Waals surface area contributed by atoms with E-state index in [0.29, 0.717) is 56.4 Å². The summed E-state index contributed by atoms with van der Waals surface area (Å²) in [5, 5.41) is 56.8. The molecule has 4 aliphatic carbocycles. The number of fused-ring (bicyclic) bond motifs is 5.